The van der Waals surface area contributed by atoms with Crippen LogP contribution in [0, 0.1) is 5.41 Å². The molecule has 0 bridgehead atoms. The minimum absolute atomic E-state index is 0.0514. The minimum atomic E-state index is -0.141. The third kappa shape index (κ3) is 6.11. The average molecular weight is 990 g/mol. The summed E-state index contributed by atoms with van der Waals surface area (Å²) in [6.45, 7) is 23.7. The maximum Gasteiger partial charge on any atom is 0.259 e. The molecule has 5 heteroatoms. The topological polar surface area (TPSA) is 9.72 Å². The highest BCUT2D eigenvalue weighted by molar-refractivity contribution is 7.32. The molecule has 0 saturated carbocycles. The molecular weight excluding hydrogens is 926 g/mol. The zero-order valence-electron chi connectivity index (χ0n) is 45.1. The first-order valence-corrected chi connectivity index (χ1v) is 28.3. The Kier molecular flexibility index (Phi) is 9.24. The minimum Gasteiger partial charge on any atom is -0.334 e. The van der Waals surface area contributed by atoms with Crippen molar-refractivity contribution in [3.8, 4) is 33.4 Å². The van der Waals surface area contributed by atoms with Gasteiger partial charge < -0.3 is 14.7 Å². The predicted octanol–water partition coefficient (Wildman–Crippen LogP) is 17.3. The molecule has 3 aliphatic heterocycles. The number of para-hydroxylation sites is 1. The van der Waals surface area contributed by atoms with Crippen LogP contribution in [0.1, 0.15) is 110 Å². The van der Waals surface area contributed by atoms with E-state index in [-0.39, 0.29) is 40.5 Å². The van der Waals surface area contributed by atoms with Gasteiger partial charge in [-0.05, 0) is 133 Å². The Bertz CT molecular complexity index is 3950. The lowest BCUT2D eigenvalue weighted by atomic mass is 9.34. The van der Waals surface area contributed by atoms with Gasteiger partial charge in [-0.3, -0.25) is 0 Å². The number of fused-ring (bicyclic) bond motifs is 14. The first-order valence-electron chi connectivity index (χ1n) is 27.5. The van der Waals surface area contributed by atoms with E-state index in [2.05, 4.69) is 265 Å². The molecule has 0 N–H and O–H groups in total. The summed E-state index contributed by atoms with van der Waals surface area (Å²) in [6, 6.07) is 54.8. The Balaban J connectivity index is 1.01. The molecule has 1 aromatic heterocycles. The first kappa shape index (κ1) is 45.3. The van der Waals surface area contributed by atoms with Crippen molar-refractivity contribution < 1.29 is 0 Å². The van der Waals surface area contributed by atoms with Crippen LogP contribution in [0.15, 0.2) is 187 Å². The molecule has 2 atom stereocenters. The first-order chi connectivity index (χ1) is 36.0. The third-order valence-corrected chi connectivity index (χ3v) is 19.8. The molecule has 0 saturated heterocycles. The Hall–Kier alpha value is -7.08. The smallest absolute Gasteiger partial charge is 0.259 e. The predicted molar refractivity (Wildman–Crippen MR) is 322 cm³/mol. The van der Waals surface area contributed by atoms with Gasteiger partial charge >= 0.3 is 0 Å². The Morgan fingerprint density at radius 1 is 0.587 bits per heavy atom. The number of benzene rings is 7. The van der Waals surface area contributed by atoms with Crippen molar-refractivity contribution >= 4 is 72.5 Å². The highest BCUT2D eigenvalue weighted by atomic mass is 32.1. The number of anilines is 6. The zero-order chi connectivity index (χ0) is 51.2. The molecule has 2 unspecified atom stereocenters. The third-order valence-electron chi connectivity index (χ3n) is 18.6. The fourth-order valence-electron chi connectivity index (χ4n) is 14.9. The van der Waals surface area contributed by atoms with Crippen LogP contribution in [-0.2, 0) is 16.2 Å². The molecule has 7 aliphatic rings. The van der Waals surface area contributed by atoms with E-state index in [9.17, 15) is 0 Å². The number of hydrogen-bond donors (Lipinski definition) is 0. The van der Waals surface area contributed by atoms with Crippen LogP contribution in [0.2, 0.25) is 0 Å². The maximum atomic E-state index is 2.80. The van der Waals surface area contributed by atoms with Gasteiger partial charge in [-0.1, -0.05) is 191 Å². The van der Waals surface area contributed by atoms with Crippen molar-refractivity contribution in [2.24, 2.45) is 5.41 Å². The van der Waals surface area contributed by atoms with Crippen molar-refractivity contribution in [2.45, 2.75) is 110 Å². The molecule has 4 heterocycles. The summed E-state index contributed by atoms with van der Waals surface area (Å²) in [5.74, 6) is 0. The van der Waals surface area contributed by atoms with E-state index in [0.29, 0.717) is 0 Å². The normalized spacial score (nSPS) is 19.5. The number of nitrogens with zero attached hydrogens (tertiary/aromatic N) is 3. The molecule has 75 heavy (non-hydrogen) atoms. The molecule has 15 rings (SSSR count). The maximum absolute atomic E-state index is 2.80. The Labute approximate surface area is 448 Å². The lowest BCUT2D eigenvalue weighted by Crippen LogP contribution is -2.60. The van der Waals surface area contributed by atoms with Crippen molar-refractivity contribution in [1.82, 2.24) is 0 Å². The van der Waals surface area contributed by atoms with Gasteiger partial charge in [0.05, 0.1) is 23.5 Å². The van der Waals surface area contributed by atoms with Crippen molar-refractivity contribution in [3.05, 3.63) is 214 Å². The van der Waals surface area contributed by atoms with Crippen LogP contribution in [0.5, 0.6) is 0 Å². The lowest BCUT2D eigenvalue weighted by molar-refractivity contribution is 0.510. The van der Waals surface area contributed by atoms with Crippen molar-refractivity contribution in [2.75, 3.05) is 14.7 Å². The molecule has 3 nitrogen and oxygen atoms in total. The van der Waals surface area contributed by atoms with Gasteiger partial charge in [0.2, 0.25) is 0 Å². The van der Waals surface area contributed by atoms with Gasteiger partial charge in [0.25, 0.3) is 6.71 Å². The van der Waals surface area contributed by atoms with Gasteiger partial charge in [-0.25, -0.2) is 0 Å². The average Bonchev–Trinajstić information content (AvgIpc) is 4.22. The molecule has 0 spiro atoms. The standard InChI is InChI=1S/C70H64BN3S/c1-67(2,3)41-29-33-43(34-30-41)72(44-35-31-42(32-36-44)68(4,5)6)45-37-38-53-58(39-45)73(55-26-17-24-51-60(55)46-19-11-14-22-49(46)69(51,7)8)56-27-18-28-57-64(56)71(53)66-65-63-59(75-66)40-52-61(47-20-12-15-23-50(47)70(52,9)10)62(63)48-21-13-16-25-54(48)74(57)65/h11-27,29-35,37-40,44,57H,28,36H2,1-10H3. The molecule has 7 aromatic carbocycles. The van der Waals surface area contributed by atoms with E-state index in [4.69, 9.17) is 0 Å². The van der Waals surface area contributed by atoms with Crippen LogP contribution in [-0.4, -0.2) is 18.8 Å². The summed E-state index contributed by atoms with van der Waals surface area (Å²) >= 11 is 2.06. The number of thiophene rings is 1. The summed E-state index contributed by atoms with van der Waals surface area (Å²) in [4.78, 5) is 8.14. The molecule has 368 valence electrons. The monoisotopic (exact) mass is 989 g/mol. The molecule has 0 fully saturated rings. The summed E-state index contributed by atoms with van der Waals surface area (Å²) in [7, 11) is 0. The van der Waals surface area contributed by atoms with Crippen LogP contribution >= 0.6 is 11.3 Å². The lowest BCUT2D eigenvalue weighted by Gasteiger charge is -2.50. The van der Waals surface area contributed by atoms with Gasteiger partial charge in [0.1, 0.15) is 0 Å². The molecule has 4 aliphatic carbocycles. The summed E-state index contributed by atoms with van der Waals surface area (Å²) in [6.07, 6.45) is 14.2. The molecule has 8 aromatic rings. The Morgan fingerprint density at radius 2 is 1.24 bits per heavy atom. The summed E-state index contributed by atoms with van der Waals surface area (Å²) in [5, 5.41) is 1.44. The largest absolute Gasteiger partial charge is 0.334 e. The quantitative estimate of drug-likeness (QED) is 0.163. The van der Waals surface area contributed by atoms with Gasteiger partial charge in [0.15, 0.2) is 0 Å². The van der Waals surface area contributed by atoms with Gasteiger partial charge in [-0.15, -0.1) is 11.3 Å². The summed E-state index contributed by atoms with van der Waals surface area (Å²) in [5.41, 5.74) is 28.5. The van der Waals surface area contributed by atoms with Crippen molar-refractivity contribution in [1.29, 1.82) is 0 Å². The highest BCUT2D eigenvalue weighted by Gasteiger charge is 2.53. The fraction of sp³-hybridized carbons (Fsp3) is 0.257. The van der Waals surface area contributed by atoms with E-state index in [1.807, 2.05) is 0 Å². The number of allylic oxidation sites excluding steroid dienone is 3. The second-order valence-corrected chi connectivity index (χ2v) is 26.6. The van der Waals surface area contributed by atoms with Crippen molar-refractivity contribution in [3.63, 3.8) is 0 Å². The van der Waals surface area contributed by atoms with Gasteiger partial charge in [-0.2, -0.15) is 0 Å². The molecule has 0 amide bonds. The second kappa shape index (κ2) is 15.3. The second-order valence-electron chi connectivity index (χ2n) is 25.5. The zero-order valence-corrected chi connectivity index (χ0v) is 45.9. The van der Waals surface area contributed by atoms with E-state index < -0.39 is 0 Å². The number of hydrogen-bond acceptors (Lipinski definition) is 4. The van der Waals surface area contributed by atoms with Crippen LogP contribution in [0.4, 0.5) is 34.1 Å². The van der Waals surface area contributed by atoms with Gasteiger partial charge in [0, 0.05) is 70.8 Å². The fourth-order valence-corrected chi connectivity index (χ4v) is 16.2. The highest BCUT2D eigenvalue weighted by Crippen LogP contribution is 2.63. The van der Waals surface area contributed by atoms with E-state index in [0.717, 1.165) is 12.8 Å². The molecular formula is C70H64BN3S. The van der Waals surface area contributed by atoms with Crippen LogP contribution in [0.25, 0.3) is 43.5 Å². The van der Waals surface area contributed by atoms with E-state index >= 15 is 0 Å². The van der Waals surface area contributed by atoms with Crippen LogP contribution in [0.3, 0.4) is 0 Å². The number of rotatable bonds is 4. The van der Waals surface area contributed by atoms with E-state index in [1.54, 1.807) is 0 Å². The van der Waals surface area contributed by atoms with E-state index in [1.165, 1.54) is 132 Å². The SMILES string of the molecule is CC(C)(C)C1=CCC(N(c2ccc(C(C)(C)C)cc2)c2ccc3c(c2)N(c2cccc4c2-c2ccccc2C4(C)C)C2=C4B3c3sc5cc6c(c7c5c3N(c3ccccc3-7)C4CC=C2)-c2ccccc2C6(C)C)C=C1. The molecule has 0 radical (unpaired) electrons. The van der Waals surface area contributed by atoms with Crippen LogP contribution < -0.4 is 24.9 Å². The Morgan fingerprint density at radius 3 is 1.95 bits per heavy atom. The summed E-state index contributed by atoms with van der Waals surface area (Å²) < 4.78 is 2.87.